The minimum absolute atomic E-state index is 0.164. The van der Waals surface area contributed by atoms with Crippen LogP contribution in [0.25, 0.3) is 61.0 Å². The Hall–Kier alpha value is -6.96. The fourth-order valence-corrected chi connectivity index (χ4v) is 10.3. The third kappa shape index (κ3) is 5.76. The Morgan fingerprint density at radius 1 is 0.458 bits per heavy atom. The lowest BCUT2D eigenvalue weighted by molar-refractivity contribution is 0.619. The van der Waals surface area contributed by atoms with E-state index in [2.05, 4.69) is 232 Å². The van der Waals surface area contributed by atoms with Crippen molar-refractivity contribution >= 4 is 44.7 Å². The van der Waals surface area contributed by atoms with Crippen LogP contribution in [-0.2, 0) is 5.41 Å². The van der Waals surface area contributed by atoms with Crippen molar-refractivity contribution < 1.29 is 0 Å². The summed E-state index contributed by atoms with van der Waals surface area (Å²) in [6.07, 6.45) is 4.74. The summed E-state index contributed by atoms with van der Waals surface area (Å²) in [6, 6.07) is 72.0. The number of hydrogen-bond donors (Lipinski definition) is 0. The SMILES string of the molecule is CC1C=Cc2c(ccc3ccccc23)C1c1ccc(N(c2ccc(-c3ccc(-c4cccc5ccccc45)cc3)cc2)c2cccc3c2C(C)(C)c2ccccc2-3)cc1. The number of benzene rings is 9. The predicted octanol–water partition coefficient (Wildman–Crippen LogP) is 15.9. The molecule has 0 saturated carbocycles. The summed E-state index contributed by atoms with van der Waals surface area (Å²) in [5, 5.41) is 5.16. The lowest BCUT2D eigenvalue weighted by Gasteiger charge is -2.33. The van der Waals surface area contributed by atoms with E-state index in [-0.39, 0.29) is 11.3 Å². The summed E-state index contributed by atoms with van der Waals surface area (Å²) in [5.41, 5.74) is 17.7. The monoisotopic (exact) mass is 755 g/mol. The standard InChI is InChI=1S/C58H45N/c1-38-22-36-50-49-16-7-5-13-42(49)31-37-52(50)56(38)44-29-34-46(35-30-44)59(55-21-11-19-53-51-17-8-9-20-54(51)58(2,3)57(53)55)45-32-27-40(28-33-45)39-23-25-43(26-24-39)48-18-10-14-41-12-4-6-15-47(41)48/h4-38,56H,1-3H3. The van der Waals surface area contributed by atoms with Crippen molar-refractivity contribution in [3.8, 4) is 33.4 Å². The van der Waals surface area contributed by atoms with Crippen molar-refractivity contribution in [1.82, 2.24) is 0 Å². The summed E-state index contributed by atoms with van der Waals surface area (Å²) >= 11 is 0. The van der Waals surface area contributed by atoms with E-state index < -0.39 is 0 Å². The zero-order chi connectivity index (χ0) is 39.7. The molecule has 0 aliphatic heterocycles. The molecule has 282 valence electrons. The molecule has 1 heteroatoms. The molecule has 2 aliphatic rings. The lowest BCUT2D eigenvalue weighted by Crippen LogP contribution is -2.20. The van der Waals surface area contributed by atoms with Crippen molar-refractivity contribution in [3.63, 3.8) is 0 Å². The number of anilines is 3. The van der Waals surface area contributed by atoms with Crippen LogP contribution in [0.2, 0.25) is 0 Å². The molecule has 2 atom stereocenters. The van der Waals surface area contributed by atoms with Crippen LogP contribution in [0.5, 0.6) is 0 Å². The van der Waals surface area contributed by atoms with E-state index >= 15 is 0 Å². The van der Waals surface area contributed by atoms with Gasteiger partial charge in [0, 0.05) is 22.7 Å². The quantitative estimate of drug-likeness (QED) is 0.163. The van der Waals surface area contributed by atoms with Crippen LogP contribution in [-0.4, -0.2) is 0 Å². The van der Waals surface area contributed by atoms with Crippen molar-refractivity contribution in [3.05, 3.63) is 228 Å². The first kappa shape index (κ1) is 35.2. The van der Waals surface area contributed by atoms with Crippen molar-refractivity contribution in [2.45, 2.75) is 32.1 Å². The Morgan fingerprint density at radius 2 is 1.02 bits per heavy atom. The van der Waals surface area contributed by atoms with Gasteiger partial charge in [0.05, 0.1) is 5.69 Å². The fourth-order valence-electron chi connectivity index (χ4n) is 10.3. The average Bonchev–Trinajstić information content (AvgIpc) is 3.53. The molecule has 11 rings (SSSR count). The Bertz CT molecular complexity index is 3070. The lowest BCUT2D eigenvalue weighted by atomic mass is 9.75. The van der Waals surface area contributed by atoms with E-state index in [1.807, 2.05) is 0 Å². The predicted molar refractivity (Wildman–Crippen MR) is 251 cm³/mol. The summed E-state index contributed by atoms with van der Waals surface area (Å²) in [4.78, 5) is 2.48. The number of hydrogen-bond acceptors (Lipinski definition) is 1. The van der Waals surface area contributed by atoms with Gasteiger partial charge in [-0.3, -0.25) is 0 Å². The maximum atomic E-state index is 2.48. The number of allylic oxidation sites excluding steroid dienone is 1. The van der Waals surface area contributed by atoms with Crippen molar-refractivity contribution in [2.75, 3.05) is 4.90 Å². The maximum absolute atomic E-state index is 2.48. The third-order valence-corrected chi connectivity index (χ3v) is 13.2. The molecule has 0 amide bonds. The Labute approximate surface area is 347 Å². The highest BCUT2D eigenvalue weighted by atomic mass is 15.1. The first-order valence-corrected chi connectivity index (χ1v) is 21.0. The zero-order valence-electron chi connectivity index (χ0n) is 33.7. The van der Waals surface area contributed by atoms with Gasteiger partial charge in [0.25, 0.3) is 0 Å². The smallest absolute Gasteiger partial charge is 0.0508 e. The van der Waals surface area contributed by atoms with E-state index in [4.69, 9.17) is 0 Å². The molecule has 0 heterocycles. The largest absolute Gasteiger partial charge is 0.310 e. The number of nitrogens with zero attached hydrogens (tertiary/aromatic N) is 1. The van der Waals surface area contributed by atoms with Crippen LogP contribution in [0.15, 0.2) is 200 Å². The van der Waals surface area contributed by atoms with Crippen LogP contribution in [0.4, 0.5) is 17.1 Å². The van der Waals surface area contributed by atoms with Crippen molar-refractivity contribution in [2.24, 2.45) is 5.92 Å². The molecule has 59 heavy (non-hydrogen) atoms. The van der Waals surface area contributed by atoms with Gasteiger partial charge in [-0.1, -0.05) is 197 Å². The molecule has 2 aliphatic carbocycles. The Balaban J connectivity index is 0.991. The summed E-state index contributed by atoms with van der Waals surface area (Å²) in [6.45, 7) is 7.12. The highest BCUT2D eigenvalue weighted by Gasteiger charge is 2.38. The highest BCUT2D eigenvalue weighted by Crippen LogP contribution is 2.54. The van der Waals surface area contributed by atoms with Gasteiger partial charge in [0.1, 0.15) is 0 Å². The van der Waals surface area contributed by atoms with Crippen LogP contribution in [0, 0.1) is 5.92 Å². The first-order chi connectivity index (χ1) is 28.9. The topological polar surface area (TPSA) is 3.24 Å². The minimum atomic E-state index is -0.164. The molecule has 0 aromatic heterocycles. The highest BCUT2D eigenvalue weighted by molar-refractivity contribution is 5.97. The van der Waals surface area contributed by atoms with Gasteiger partial charge < -0.3 is 4.90 Å². The van der Waals surface area contributed by atoms with Crippen LogP contribution in [0.3, 0.4) is 0 Å². The van der Waals surface area contributed by atoms with E-state index in [9.17, 15) is 0 Å². The minimum Gasteiger partial charge on any atom is -0.310 e. The van der Waals surface area contributed by atoms with Gasteiger partial charge in [-0.25, -0.2) is 0 Å². The molecule has 0 spiro atoms. The van der Waals surface area contributed by atoms with Gasteiger partial charge in [0.15, 0.2) is 0 Å². The first-order valence-electron chi connectivity index (χ1n) is 21.0. The molecule has 0 fully saturated rings. The fraction of sp³-hybridized carbons (Fsp3) is 0.103. The second kappa shape index (κ2) is 13.9. The molecule has 0 radical (unpaired) electrons. The van der Waals surface area contributed by atoms with E-state index in [0.717, 1.165) is 11.4 Å². The summed E-state index contributed by atoms with van der Waals surface area (Å²) < 4.78 is 0. The summed E-state index contributed by atoms with van der Waals surface area (Å²) in [7, 11) is 0. The van der Waals surface area contributed by atoms with Crippen molar-refractivity contribution in [1.29, 1.82) is 0 Å². The zero-order valence-corrected chi connectivity index (χ0v) is 33.7. The van der Waals surface area contributed by atoms with Gasteiger partial charge in [-0.2, -0.15) is 0 Å². The van der Waals surface area contributed by atoms with E-state index in [1.165, 1.54) is 88.4 Å². The van der Waals surface area contributed by atoms with E-state index in [1.54, 1.807) is 0 Å². The summed E-state index contributed by atoms with van der Waals surface area (Å²) in [5.74, 6) is 0.666. The molecule has 2 unspecified atom stereocenters. The molecule has 9 aromatic carbocycles. The number of fused-ring (bicyclic) bond motifs is 7. The molecule has 9 aromatic rings. The second-order valence-electron chi connectivity index (χ2n) is 16.9. The second-order valence-corrected chi connectivity index (χ2v) is 16.9. The molecule has 1 nitrogen and oxygen atoms in total. The molecular weight excluding hydrogens is 711 g/mol. The van der Waals surface area contributed by atoms with Crippen LogP contribution >= 0.6 is 0 Å². The normalized spacial score (nSPS) is 16.1. The molecule has 0 saturated heterocycles. The van der Waals surface area contributed by atoms with Crippen LogP contribution in [0.1, 0.15) is 54.5 Å². The Morgan fingerprint density at radius 3 is 1.78 bits per heavy atom. The van der Waals surface area contributed by atoms with Crippen LogP contribution < -0.4 is 4.90 Å². The third-order valence-electron chi connectivity index (χ3n) is 13.2. The average molecular weight is 756 g/mol. The molecular formula is C58H45N. The molecule has 0 N–H and O–H groups in total. The Kier molecular flexibility index (Phi) is 8.27. The van der Waals surface area contributed by atoms with Gasteiger partial charge >= 0.3 is 0 Å². The van der Waals surface area contributed by atoms with Gasteiger partial charge in [-0.15, -0.1) is 0 Å². The number of rotatable bonds is 6. The molecule has 0 bridgehead atoms. The maximum Gasteiger partial charge on any atom is 0.0508 e. The van der Waals surface area contributed by atoms with E-state index in [0.29, 0.717) is 5.92 Å². The van der Waals surface area contributed by atoms with Gasteiger partial charge in [0.2, 0.25) is 0 Å². The van der Waals surface area contributed by atoms with Gasteiger partial charge in [-0.05, 0) is 119 Å².